The highest BCUT2D eigenvalue weighted by Crippen LogP contribution is 2.29. The number of nitro benzene ring substituents is 1. The van der Waals surface area contributed by atoms with Gasteiger partial charge in [0.1, 0.15) is 4.47 Å². The van der Waals surface area contributed by atoms with Gasteiger partial charge in [0.2, 0.25) is 0 Å². The van der Waals surface area contributed by atoms with Crippen LogP contribution in [0.3, 0.4) is 0 Å². The molecule has 1 aromatic rings. The van der Waals surface area contributed by atoms with Crippen LogP contribution >= 0.6 is 15.9 Å². The molecule has 0 aromatic heterocycles. The molecule has 0 aliphatic heterocycles. The molecule has 6 heteroatoms. The smallest absolute Gasteiger partial charge is 0.339 e. The van der Waals surface area contributed by atoms with Crippen LogP contribution in [-0.4, -0.2) is 17.5 Å². The maximum atomic E-state index is 11.9. The van der Waals surface area contributed by atoms with Crippen molar-refractivity contribution in [2.45, 2.75) is 27.2 Å². The molecular weight excluding hydrogens is 314 g/mol. The summed E-state index contributed by atoms with van der Waals surface area (Å²) in [6, 6.07) is 4.29. The standard InChI is InChI=1S/C13H16BrNO4/c1-13(2,3)7-8-19-12(16)9-5-4-6-10(11(9)14)15(17)18/h4-6H,7-8H2,1-3H3. The van der Waals surface area contributed by atoms with Gasteiger partial charge < -0.3 is 4.74 Å². The summed E-state index contributed by atoms with van der Waals surface area (Å²) in [7, 11) is 0. The number of ether oxygens (including phenoxy) is 1. The lowest BCUT2D eigenvalue weighted by Gasteiger charge is -2.17. The molecular formula is C13H16BrNO4. The molecule has 0 aliphatic rings. The van der Waals surface area contributed by atoms with Crippen LogP contribution in [0.2, 0.25) is 0 Å². The molecule has 0 unspecified atom stereocenters. The number of hydrogen-bond acceptors (Lipinski definition) is 4. The topological polar surface area (TPSA) is 69.4 Å². The van der Waals surface area contributed by atoms with Gasteiger partial charge in [0, 0.05) is 6.07 Å². The fourth-order valence-electron chi connectivity index (χ4n) is 1.35. The highest BCUT2D eigenvalue weighted by Gasteiger charge is 2.21. The Balaban J connectivity index is 2.78. The van der Waals surface area contributed by atoms with Gasteiger partial charge in [0.15, 0.2) is 0 Å². The van der Waals surface area contributed by atoms with Crippen LogP contribution in [0.15, 0.2) is 22.7 Å². The molecule has 0 fully saturated rings. The molecule has 0 spiro atoms. The van der Waals surface area contributed by atoms with Crippen molar-refractivity contribution in [1.82, 2.24) is 0 Å². The largest absolute Gasteiger partial charge is 0.462 e. The van der Waals surface area contributed by atoms with E-state index in [4.69, 9.17) is 4.74 Å². The zero-order chi connectivity index (χ0) is 14.6. The van der Waals surface area contributed by atoms with E-state index in [0.29, 0.717) is 0 Å². The quantitative estimate of drug-likeness (QED) is 0.476. The predicted molar refractivity (Wildman–Crippen MR) is 75.2 cm³/mol. The van der Waals surface area contributed by atoms with E-state index in [1.165, 1.54) is 18.2 Å². The van der Waals surface area contributed by atoms with Crippen molar-refractivity contribution in [3.05, 3.63) is 38.3 Å². The number of nitrogens with zero attached hydrogens (tertiary/aromatic N) is 1. The minimum atomic E-state index is -0.556. The van der Waals surface area contributed by atoms with E-state index >= 15 is 0 Å². The van der Waals surface area contributed by atoms with E-state index in [0.717, 1.165) is 6.42 Å². The molecule has 0 N–H and O–H groups in total. The van der Waals surface area contributed by atoms with Gasteiger partial charge in [-0.05, 0) is 33.8 Å². The summed E-state index contributed by atoms with van der Waals surface area (Å²) in [5.41, 5.74) is 0.0913. The number of benzene rings is 1. The van der Waals surface area contributed by atoms with E-state index in [9.17, 15) is 14.9 Å². The Morgan fingerprint density at radius 3 is 2.58 bits per heavy atom. The number of esters is 1. The van der Waals surface area contributed by atoms with Gasteiger partial charge in [-0.2, -0.15) is 0 Å². The van der Waals surface area contributed by atoms with Crippen molar-refractivity contribution in [3.63, 3.8) is 0 Å². The number of carbonyl (C=O) groups is 1. The van der Waals surface area contributed by atoms with Crippen molar-refractivity contribution in [1.29, 1.82) is 0 Å². The second-order valence-corrected chi connectivity index (χ2v) is 6.14. The van der Waals surface area contributed by atoms with E-state index in [1.807, 2.05) is 20.8 Å². The van der Waals surface area contributed by atoms with Gasteiger partial charge in [-0.3, -0.25) is 10.1 Å². The summed E-state index contributed by atoms with van der Waals surface area (Å²) in [6.45, 7) is 6.43. The number of hydrogen-bond donors (Lipinski definition) is 0. The number of nitro groups is 1. The van der Waals surface area contributed by atoms with Crippen molar-refractivity contribution in [2.24, 2.45) is 5.41 Å². The first kappa shape index (κ1) is 15.6. The summed E-state index contributed by atoms with van der Waals surface area (Å²) in [5, 5.41) is 10.8. The third-order valence-electron chi connectivity index (χ3n) is 2.48. The lowest BCUT2D eigenvalue weighted by molar-refractivity contribution is -0.385. The van der Waals surface area contributed by atoms with Crippen LogP contribution in [0.4, 0.5) is 5.69 Å². The first-order valence-electron chi connectivity index (χ1n) is 5.82. The van der Waals surface area contributed by atoms with E-state index < -0.39 is 10.9 Å². The second kappa shape index (κ2) is 6.14. The molecule has 0 radical (unpaired) electrons. The normalized spacial score (nSPS) is 11.2. The fraction of sp³-hybridized carbons (Fsp3) is 0.462. The van der Waals surface area contributed by atoms with Crippen molar-refractivity contribution in [3.8, 4) is 0 Å². The monoisotopic (exact) mass is 329 g/mol. The summed E-state index contributed by atoms with van der Waals surface area (Å²) in [5.74, 6) is -0.556. The second-order valence-electron chi connectivity index (χ2n) is 5.34. The van der Waals surface area contributed by atoms with E-state index in [2.05, 4.69) is 15.9 Å². The highest BCUT2D eigenvalue weighted by atomic mass is 79.9. The molecule has 19 heavy (non-hydrogen) atoms. The van der Waals surface area contributed by atoms with Crippen molar-refractivity contribution < 1.29 is 14.5 Å². The van der Waals surface area contributed by atoms with Crippen molar-refractivity contribution >= 4 is 27.6 Å². The minimum Gasteiger partial charge on any atom is -0.462 e. The summed E-state index contributed by atoms with van der Waals surface area (Å²) in [6.07, 6.45) is 0.727. The molecule has 1 aromatic carbocycles. The SMILES string of the molecule is CC(C)(C)CCOC(=O)c1cccc([N+](=O)[O-])c1Br. The van der Waals surface area contributed by atoms with Crippen LogP contribution in [0.5, 0.6) is 0 Å². The predicted octanol–water partition coefficient (Wildman–Crippen LogP) is 3.95. The van der Waals surface area contributed by atoms with Gasteiger partial charge in [-0.25, -0.2) is 4.79 Å². The van der Waals surface area contributed by atoms with Crippen LogP contribution in [0, 0.1) is 15.5 Å². The summed E-state index contributed by atoms with van der Waals surface area (Å²) >= 11 is 3.07. The number of rotatable bonds is 4. The van der Waals surface area contributed by atoms with Crippen LogP contribution in [0.1, 0.15) is 37.6 Å². The lowest BCUT2D eigenvalue weighted by Crippen LogP contribution is -2.13. The van der Waals surface area contributed by atoms with Gasteiger partial charge in [0.05, 0.1) is 17.1 Å². The molecule has 104 valence electrons. The third-order valence-corrected chi connectivity index (χ3v) is 3.31. The first-order valence-corrected chi connectivity index (χ1v) is 6.62. The maximum absolute atomic E-state index is 11.9. The average Bonchev–Trinajstić information content (AvgIpc) is 2.26. The van der Waals surface area contributed by atoms with Gasteiger partial charge in [0.25, 0.3) is 5.69 Å². The Hall–Kier alpha value is -1.43. The summed E-state index contributed by atoms with van der Waals surface area (Å²) < 4.78 is 5.28. The molecule has 1 rings (SSSR count). The highest BCUT2D eigenvalue weighted by molar-refractivity contribution is 9.10. The van der Waals surface area contributed by atoms with Gasteiger partial charge in [-0.1, -0.05) is 26.8 Å². The van der Waals surface area contributed by atoms with Crippen LogP contribution < -0.4 is 0 Å². The Bertz CT molecular complexity index is 494. The molecule has 0 aliphatic carbocycles. The number of halogens is 1. The number of carbonyl (C=O) groups excluding carboxylic acids is 1. The first-order chi connectivity index (χ1) is 8.72. The maximum Gasteiger partial charge on any atom is 0.339 e. The fourth-order valence-corrected chi connectivity index (χ4v) is 1.92. The Morgan fingerprint density at radius 1 is 1.42 bits per heavy atom. The zero-order valence-corrected chi connectivity index (χ0v) is 12.7. The average molecular weight is 330 g/mol. The van der Waals surface area contributed by atoms with Crippen LogP contribution in [-0.2, 0) is 4.74 Å². The molecule has 0 atom stereocenters. The Kier molecular flexibility index (Phi) is 5.05. The molecule has 0 amide bonds. The third kappa shape index (κ3) is 4.63. The molecule has 0 heterocycles. The van der Waals surface area contributed by atoms with Gasteiger partial charge >= 0.3 is 5.97 Å². The van der Waals surface area contributed by atoms with E-state index in [-0.39, 0.29) is 27.7 Å². The van der Waals surface area contributed by atoms with E-state index in [1.54, 1.807) is 0 Å². The Labute approximate surface area is 120 Å². The minimum absolute atomic E-state index is 0.0696. The molecule has 0 bridgehead atoms. The van der Waals surface area contributed by atoms with Gasteiger partial charge in [-0.15, -0.1) is 0 Å². The molecule has 0 saturated heterocycles. The summed E-state index contributed by atoms with van der Waals surface area (Å²) in [4.78, 5) is 22.1. The Morgan fingerprint density at radius 2 is 2.05 bits per heavy atom. The van der Waals surface area contributed by atoms with Crippen LogP contribution in [0.25, 0.3) is 0 Å². The molecule has 0 saturated carbocycles. The lowest BCUT2D eigenvalue weighted by atomic mass is 9.93. The zero-order valence-electron chi connectivity index (χ0n) is 11.1. The molecule has 5 nitrogen and oxygen atoms in total. The van der Waals surface area contributed by atoms with Crippen molar-refractivity contribution in [2.75, 3.05) is 6.61 Å².